The highest BCUT2D eigenvalue weighted by Crippen LogP contribution is 2.60. The molecule has 1 aliphatic carbocycles. The number of nitrogens with zero attached hydrogens (tertiary/aromatic N) is 1. The Morgan fingerprint density at radius 2 is 1.46 bits per heavy atom. The summed E-state index contributed by atoms with van der Waals surface area (Å²) in [6, 6.07) is 10.9. The summed E-state index contributed by atoms with van der Waals surface area (Å²) in [7, 11) is -6.67. The average molecular weight is 720 g/mol. The van der Waals surface area contributed by atoms with Crippen LogP contribution in [0.3, 0.4) is 0 Å². The van der Waals surface area contributed by atoms with Crippen molar-refractivity contribution in [2.75, 3.05) is 6.61 Å². The predicted molar refractivity (Wildman–Crippen MR) is 202 cm³/mol. The van der Waals surface area contributed by atoms with E-state index in [1.165, 1.54) is 18.4 Å². The molecule has 4 aliphatic rings. The second-order valence-corrected chi connectivity index (χ2v) is 33.4. The monoisotopic (exact) mass is 719 g/mol. The molecular weight excluding hydrogens is 651 g/mol. The van der Waals surface area contributed by atoms with E-state index in [4.69, 9.17) is 27.7 Å². The molecule has 0 spiro atoms. The maximum Gasteiger partial charge on any atom is 0.205 e. The van der Waals surface area contributed by atoms with Gasteiger partial charge in [0, 0.05) is 17.9 Å². The van der Waals surface area contributed by atoms with E-state index in [9.17, 15) is 0 Å². The van der Waals surface area contributed by atoms with Gasteiger partial charge >= 0.3 is 0 Å². The first-order valence-electron chi connectivity index (χ1n) is 19.0. The molecule has 0 unspecified atom stereocenters. The number of hydroxylamine groups is 2. The second-order valence-electron chi connectivity index (χ2n) is 18.9. The van der Waals surface area contributed by atoms with Crippen LogP contribution in [0.4, 0.5) is 0 Å². The minimum Gasteiger partial charge on any atom is -0.414 e. The highest BCUT2D eigenvalue weighted by molar-refractivity contribution is 6.79. The van der Waals surface area contributed by atoms with E-state index < -0.39 is 31.2 Å². The first-order chi connectivity index (χ1) is 22.2. The number of hydrogen-bond donors (Lipinski definition) is 0. The topological polar surface area (TPSA) is 58.6 Å². The molecule has 8 atom stereocenters. The molecule has 1 saturated carbocycles. The fourth-order valence-electron chi connectivity index (χ4n) is 8.40. The lowest BCUT2D eigenvalue weighted by atomic mass is 9.81. The van der Waals surface area contributed by atoms with Crippen molar-refractivity contribution in [1.82, 2.24) is 5.23 Å². The van der Waals surface area contributed by atoms with Crippen LogP contribution in [0, 0.1) is 0 Å². The van der Waals surface area contributed by atoms with E-state index in [0.29, 0.717) is 23.6 Å². The van der Waals surface area contributed by atoms with E-state index in [0.717, 1.165) is 19.3 Å². The molecule has 4 fully saturated rings. The maximum atomic E-state index is 7.50. The Morgan fingerprint density at radius 1 is 0.854 bits per heavy atom. The summed E-state index contributed by atoms with van der Waals surface area (Å²) in [5.41, 5.74) is 2.39. The number of benzene rings is 1. The maximum absolute atomic E-state index is 7.50. The van der Waals surface area contributed by atoms with Crippen LogP contribution >= 0.6 is 0 Å². The summed E-state index contributed by atoms with van der Waals surface area (Å²) in [4.78, 5) is 13.8. The molecule has 0 N–H and O–H groups in total. The molecule has 3 aliphatic heterocycles. The SMILES string of the molecule is CC(C)[Si]1(C(C)C)O[C@H]2C[C@H](O[C@H]3CCCC[C@@H]3c3ccccc3)ON3O[C@H]([C@H](CO[Si](C)(C)C(C)(C)C)O[Si](C)(C)C(C)(C)C)[C@@H]1[C@@H]23. The fraction of sp³-hybridized carbons (Fsp3) is 0.842. The van der Waals surface area contributed by atoms with E-state index in [-0.39, 0.29) is 46.1 Å². The van der Waals surface area contributed by atoms with Crippen LogP contribution in [0.2, 0.25) is 52.9 Å². The molecule has 274 valence electrons. The van der Waals surface area contributed by atoms with Gasteiger partial charge in [0.1, 0.15) is 6.10 Å². The first-order valence-corrected chi connectivity index (χ1v) is 27.0. The van der Waals surface area contributed by atoms with E-state index in [1.807, 2.05) is 5.23 Å². The Kier molecular flexibility index (Phi) is 11.5. The Bertz CT molecular complexity index is 1210. The zero-order chi connectivity index (χ0) is 35.4. The van der Waals surface area contributed by atoms with Crippen LogP contribution in [0.15, 0.2) is 30.3 Å². The van der Waals surface area contributed by atoms with Crippen molar-refractivity contribution in [2.24, 2.45) is 0 Å². The molecule has 0 amide bonds. The molecule has 0 aromatic heterocycles. The van der Waals surface area contributed by atoms with Crippen molar-refractivity contribution < 1.29 is 27.7 Å². The van der Waals surface area contributed by atoms with Crippen LogP contribution in [0.25, 0.3) is 0 Å². The number of rotatable bonds is 11. The summed E-state index contributed by atoms with van der Waals surface area (Å²) in [5, 5.41) is 1.99. The summed E-state index contributed by atoms with van der Waals surface area (Å²) in [5.74, 6) is 0.375. The van der Waals surface area contributed by atoms with Gasteiger partial charge < -0.3 is 18.0 Å². The first kappa shape index (κ1) is 38.8. The van der Waals surface area contributed by atoms with Gasteiger partial charge in [-0.1, -0.05) is 118 Å². The fourth-order valence-corrected chi connectivity index (χ4v) is 16.7. The minimum atomic E-state index is -2.42. The van der Waals surface area contributed by atoms with Crippen molar-refractivity contribution in [3.8, 4) is 0 Å². The largest absolute Gasteiger partial charge is 0.414 e. The quantitative estimate of drug-likeness (QED) is 0.211. The van der Waals surface area contributed by atoms with Gasteiger partial charge in [-0.15, -0.1) is 0 Å². The Hall–Kier alpha value is -0.409. The van der Waals surface area contributed by atoms with Gasteiger partial charge in [-0.05, 0) is 65.8 Å². The lowest BCUT2D eigenvalue weighted by Gasteiger charge is -2.46. The van der Waals surface area contributed by atoms with Crippen molar-refractivity contribution in [3.05, 3.63) is 35.9 Å². The summed E-state index contributed by atoms with van der Waals surface area (Å²) in [6.07, 6.45) is 4.63. The van der Waals surface area contributed by atoms with Crippen molar-refractivity contribution in [2.45, 2.75) is 197 Å². The van der Waals surface area contributed by atoms with Gasteiger partial charge in [0.15, 0.2) is 22.9 Å². The Labute approximate surface area is 296 Å². The van der Waals surface area contributed by atoms with Crippen molar-refractivity contribution in [3.63, 3.8) is 0 Å². The molecule has 0 radical (unpaired) electrons. The average Bonchev–Trinajstić information content (AvgIpc) is 3.54. The van der Waals surface area contributed by atoms with Crippen molar-refractivity contribution >= 4 is 25.0 Å². The van der Waals surface area contributed by atoms with Gasteiger partial charge in [0.25, 0.3) is 0 Å². The van der Waals surface area contributed by atoms with Gasteiger partial charge in [0.2, 0.25) is 8.32 Å². The highest BCUT2D eigenvalue weighted by Gasteiger charge is 2.71. The zero-order valence-electron chi connectivity index (χ0n) is 32.8. The third-order valence-corrected chi connectivity index (χ3v) is 28.2. The molecule has 48 heavy (non-hydrogen) atoms. The van der Waals surface area contributed by atoms with Crippen LogP contribution in [0.1, 0.15) is 113 Å². The van der Waals surface area contributed by atoms with Gasteiger partial charge in [-0.25, -0.2) is 4.84 Å². The summed E-state index contributed by atoms with van der Waals surface area (Å²) < 4.78 is 28.8. The van der Waals surface area contributed by atoms with Gasteiger partial charge in [0.05, 0.1) is 31.0 Å². The number of ether oxygens (including phenoxy) is 1. The van der Waals surface area contributed by atoms with Crippen LogP contribution < -0.4 is 0 Å². The van der Waals surface area contributed by atoms with Crippen molar-refractivity contribution in [1.29, 1.82) is 0 Å². The van der Waals surface area contributed by atoms with Gasteiger partial charge in [-0.3, -0.25) is 4.84 Å². The number of hydrogen-bond acceptors (Lipinski definition) is 7. The van der Waals surface area contributed by atoms with Crippen LogP contribution in [0.5, 0.6) is 0 Å². The molecule has 3 heterocycles. The smallest absolute Gasteiger partial charge is 0.205 e. The zero-order valence-corrected chi connectivity index (χ0v) is 35.8. The second kappa shape index (κ2) is 14.2. The molecule has 0 bridgehead atoms. The molecule has 7 nitrogen and oxygen atoms in total. The summed E-state index contributed by atoms with van der Waals surface area (Å²) in [6.45, 7) is 33.3. The van der Waals surface area contributed by atoms with Crippen LogP contribution in [-0.2, 0) is 27.7 Å². The molecular formula is C38H69NO6Si3. The third-order valence-electron chi connectivity index (χ3n) is 13.2. The highest BCUT2D eigenvalue weighted by atomic mass is 28.4. The summed E-state index contributed by atoms with van der Waals surface area (Å²) >= 11 is 0. The molecule has 1 aromatic rings. The predicted octanol–water partition coefficient (Wildman–Crippen LogP) is 10.3. The van der Waals surface area contributed by atoms with Gasteiger partial charge in [-0.2, -0.15) is 0 Å². The Balaban J connectivity index is 1.47. The lowest BCUT2D eigenvalue weighted by molar-refractivity contribution is -0.450. The molecule has 10 heteroatoms. The lowest BCUT2D eigenvalue weighted by Crippen LogP contribution is -2.56. The standard InChI is InChI=1S/C38H69NO6Si3/c1-26(2)48(27(3)4)36-34-31(45-48)24-33(41-30-23-19-18-22-29(30)28-20-16-15-17-21-28)42-39(34)43-35(36)32(44-47(13,14)38(8,9)10)25-40-46(11,12)37(5,6)7/h15-17,20-21,26-27,29-36H,18-19,22-25H2,1-14H3/t29-,30+,31+,32+,33-,34-,35-,36+/m1/s1. The van der Waals surface area contributed by atoms with E-state index in [1.54, 1.807) is 0 Å². The molecule has 5 rings (SSSR count). The van der Waals surface area contributed by atoms with E-state index >= 15 is 0 Å². The normalized spacial score (nSPS) is 32.2. The minimum absolute atomic E-state index is 0.00353. The van der Waals surface area contributed by atoms with E-state index in [2.05, 4.69) is 126 Å². The third kappa shape index (κ3) is 7.41. The molecule has 3 saturated heterocycles. The Morgan fingerprint density at radius 3 is 2.04 bits per heavy atom. The molecule has 1 aromatic carbocycles. The van der Waals surface area contributed by atoms with Crippen LogP contribution in [-0.4, -0.2) is 73.5 Å².